The molecule has 126 valence electrons. The summed E-state index contributed by atoms with van der Waals surface area (Å²) in [4.78, 5) is 47.9. The number of halogens is 1. The van der Waals surface area contributed by atoms with Crippen molar-refractivity contribution in [1.82, 2.24) is 20.2 Å². The fourth-order valence-electron chi connectivity index (χ4n) is 1.86. The Morgan fingerprint density at radius 2 is 1.71 bits per heavy atom. The van der Waals surface area contributed by atoms with Crippen molar-refractivity contribution >= 4 is 23.4 Å². The van der Waals surface area contributed by atoms with Gasteiger partial charge in [-0.05, 0) is 24.3 Å². The van der Waals surface area contributed by atoms with Crippen LogP contribution in [0, 0.1) is 0 Å². The second-order valence-corrected chi connectivity index (χ2v) is 5.29. The minimum atomic E-state index is -0.659. The summed E-state index contributed by atoms with van der Waals surface area (Å²) >= 11 is 5.74. The number of rotatable bonds is 6. The molecule has 2 rings (SSSR count). The number of carbonyl (C=O) groups excluding carboxylic acids is 2. The highest BCUT2D eigenvalue weighted by molar-refractivity contribution is 6.30. The number of benzene rings is 1. The van der Waals surface area contributed by atoms with Crippen molar-refractivity contribution in [2.24, 2.45) is 0 Å². The number of carbonyl (C=O) groups is 2. The number of hydrogen-bond acceptors (Lipinski definition) is 4. The molecule has 2 aromatic rings. The van der Waals surface area contributed by atoms with E-state index in [-0.39, 0.29) is 25.5 Å². The lowest BCUT2D eigenvalue weighted by Crippen LogP contribution is -2.38. The van der Waals surface area contributed by atoms with Gasteiger partial charge in [-0.15, -0.1) is 0 Å². The summed E-state index contributed by atoms with van der Waals surface area (Å²) < 4.78 is 1.07. The molecule has 1 heterocycles. The molecule has 2 amide bonds. The van der Waals surface area contributed by atoms with Crippen LogP contribution >= 0.6 is 11.6 Å². The van der Waals surface area contributed by atoms with Crippen LogP contribution in [0.25, 0.3) is 0 Å². The van der Waals surface area contributed by atoms with Crippen LogP contribution in [0.4, 0.5) is 0 Å². The Labute approximate surface area is 141 Å². The summed E-state index contributed by atoms with van der Waals surface area (Å²) in [5, 5.41) is 5.74. The maximum atomic E-state index is 11.8. The standard InChI is InChI=1S/C15H15ClN4O4/c16-11-3-1-10(2-4-11)14(23)18-7-6-17-13(22)9-20-8-5-12(21)19-15(20)24/h1-5,8H,6-7,9H2,(H,17,22)(H,18,23)(H,19,21,24). The Hall–Kier alpha value is -2.87. The van der Waals surface area contributed by atoms with Gasteiger partial charge in [-0.25, -0.2) is 4.79 Å². The van der Waals surface area contributed by atoms with Crippen LogP contribution in [0.1, 0.15) is 10.4 Å². The molecule has 1 aromatic carbocycles. The third-order valence-corrected chi connectivity index (χ3v) is 3.30. The van der Waals surface area contributed by atoms with E-state index in [9.17, 15) is 19.2 Å². The maximum absolute atomic E-state index is 11.8. The number of aromatic nitrogens is 2. The first-order chi connectivity index (χ1) is 11.5. The van der Waals surface area contributed by atoms with E-state index in [0.29, 0.717) is 10.6 Å². The van der Waals surface area contributed by atoms with Gasteiger partial charge in [0.2, 0.25) is 5.91 Å². The van der Waals surface area contributed by atoms with Gasteiger partial charge in [0.25, 0.3) is 11.5 Å². The summed E-state index contributed by atoms with van der Waals surface area (Å²) in [5.74, 6) is -0.692. The minimum Gasteiger partial charge on any atom is -0.353 e. The van der Waals surface area contributed by atoms with E-state index >= 15 is 0 Å². The summed E-state index contributed by atoms with van der Waals surface area (Å²) in [6, 6.07) is 7.57. The zero-order chi connectivity index (χ0) is 17.5. The van der Waals surface area contributed by atoms with E-state index in [4.69, 9.17) is 11.6 Å². The van der Waals surface area contributed by atoms with Crippen LogP contribution < -0.4 is 21.9 Å². The molecular formula is C15H15ClN4O4. The first kappa shape index (κ1) is 17.5. The van der Waals surface area contributed by atoms with Gasteiger partial charge < -0.3 is 10.6 Å². The molecule has 3 N–H and O–H groups in total. The fourth-order valence-corrected chi connectivity index (χ4v) is 1.99. The lowest BCUT2D eigenvalue weighted by atomic mass is 10.2. The monoisotopic (exact) mass is 350 g/mol. The fraction of sp³-hybridized carbons (Fsp3) is 0.200. The molecule has 24 heavy (non-hydrogen) atoms. The average molecular weight is 351 g/mol. The Morgan fingerprint density at radius 3 is 2.38 bits per heavy atom. The third kappa shape index (κ3) is 5.10. The summed E-state index contributed by atoms with van der Waals surface area (Å²) in [5.41, 5.74) is -0.722. The van der Waals surface area contributed by atoms with E-state index in [1.54, 1.807) is 24.3 Å². The number of amides is 2. The number of nitrogens with one attached hydrogen (secondary N) is 3. The molecule has 8 nitrogen and oxygen atoms in total. The van der Waals surface area contributed by atoms with Crippen molar-refractivity contribution in [1.29, 1.82) is 0 Å². The molecule has 0 aliphatic carbocycles. The van der Waals surface area contributed by atoms with Crippen LogP contribution in [0.2, 0.25) is 5.02 Å². The Bertz CT molecular complexity index is 842. The number of H-pyrrole nitrogens is 1. The van der Waals surface area contributed by atoms with Gasteiger partial charge in [-0.2, -0.15) is 0 Å². The Kier molecular flexibility index (Phi) is 5.91. The SMILES string of the molecule is O=C(Cn1ccc(=O)[nH]c1=O)NCCNC(=O)c1ccc(Cl)cc1. The molecular weight excluding hydrogens is 336 g/mol. The third-order valence-electron chi connectivity index (χ3n) is 3.05. The van der Waals surface area contributed by atoms with E-state index in [2.05, 4.69) is 15.6 Å². The van der Waals surface area contributed by atoms with Crippen LogP contribution in [0.15, 0.2) is 46.1 Å². The molecule has 0 aliphatic rings. The lowest BCUT2D eigenvalue weighted by Gasteiger charge is -2.08. The van der Waals surface area contributed by atoms with Gasteiger partial charge in [0.05, 0.1) is 0 Å². The molecule has 0 radical (unpaired) electrons. The Morgan fingerprint density at radius 1 is 1.04 bits per heavy atom. The van der Waals surface area contributed by atoms with Gasteiger partial charge in [0.1, 0.15) is 6.54 Å². The van der Waals surface area contributed by atoms with E-state index in [0.717, 1.165) is 10.6 Å². The highest BCUT2D eigenvalue weighted by Crippen LogP contribution is 2.08. The van der Waals surface area contributed by atoms with Gasteiger partial charge in [0, 0.05) is 35.9 Å². The van der Waals surface area contributed by atoms with Gasteiger partial charge in [-0.1, -0.05) is 11.6 Å². The Balaban J connectivity index is 1.74. The van der Waals surface area contributed by atoms with E-state index in [1.165, 1.54) is 6.20 Å². The normalized spacial score (nSPS) is 10.2. The summed E-state index contributed by atoms with van der Waals surface area (Å²) in [7, 11) is 0. The maximum Gasteiger partial charge on any atom is 0.328 e. The summed E-state index contributed by atoms with van der Waals surface area (Å²) in [6.45, 7) is 0.213. The number of hydrogen-bond donors (Lipinski definition) is 3. The number of nitrogens with zero attached hydrogens (tertiary/aromatic N) is 1. The van der Waals surface area contributed by atoms with Crippen LogP contribution in [-0.4, -0.2) is 34.5 Å². The van der Waals surface area contributed by atoms with Crippen molar-refractivity contribution in [3.8, 4) is 0 Å². The van der Waals surface area contributed by atoms with E-state index in [1.807, 2.05) is 0 Å². The molecule has 0 saturated heterocycles. The van der Waals surface area contributed by atoms with Crippen molar-refractivity contribution in [3.05, 3.63) is 68.0 Å². The molecule has 0 spiro atoms. The molecule has 0 atom stereocenters. The predicted molar refractivity (Wildman–Crippen MR) is 88.1 cm³/mol. The van der Waals surface area contributed by atoms with Crippen LogP contribution in [0.3, 0.4) is 0 Å². The van der Waals surface area contributed by atoms with Crippen molar-refractivity contribution in [2.75, 3.05) is 13.1 Å². The summed E-state index contributed by atoms with van der Waals surface area (Å²) in [6.07, 6.45) is 1.24. The topological polar surface area (TPSA) is 113 Å². The number of aromatic amines is 1. The largest absolute Gasteiger partial charge is 0.353 e. The highest BCUT2D eigenvalue weighted by atomic mass is 35.5. The second-order valence-electron chi connectivity index (χ2n) is 4.85. The molecule has 0 bridgehead atoms. The van der Waals surface area contributed by atoms with Gasteiger partial charge in [-0.3, -0.25) is 23.9 Å². The first-order valence-corrected chi connectivity index (χ1v) is 7.44. The van der Waals surface area contributed by atoms with Gasteiger partial charge >= 0.3 is 5.69 Å². The minimum absolute atomic E-state index is 0.205. The second kappa shape index (κ2) is 8.11. The quantitative estimate of drug-likeness (QED) is 0.623. The molecule has 9 heteroatoms. The zero-order valence-corrected chi connectivity index (χ0v) is 13.3. The van der Waals surface area contributed by atoms with Crippen LogP contribution in [-0.2, 0) is 11.3 Å². The van der Waals surface area contributed by atoms with Gasteiger partial charge in [0.15, 0.2) is 0 Å². The van der Waals surface area contributed by atoms with Crippen molar-refractivity contribution in [3.63, 3.8) is 0 Å². The first-order valence-electron chi connectivity index (χ1n) is 7.06. The van der Waals surface area contributed by atoms with Crippen molar-refractivity contribution < 1.29 is 9.59 Å². The average Bonchev–Trinajstić information content (AvgIpc) is 2.55. The molecule has 0 unspecified atom stereocenters. The molecule has 0 saturated carbocycles. The van der Waals surface area contributed by atoms with Crippen molar-refractivity contribution in [2.45, 2.75) is 6.54 Å². The molecule has 0 fully saturated rings. The molecule has 0 aliphatic heterocycles. The molecule has 1 aromatic heterocycles. The van der Waals surface area contributed by atoms with Crippen LogP contribution in [0.5, 0.6) is 0 Å². The smallest absolute Gasteiger partial charge is 0.328 e. The lowest BCUT2D eigenvalue weighted by molar-refractivity contribution is -0.121. The van der Waals surface area contributed by atoms with E-state index < -0.39 is 17.2 Å². The zero-order valence-electron chi connectivity index (χ0n) is 12.5. The predicted octanol–water partition coefficient (Wildman–Crippen LogP) is -0.264. The highest BCUT2D eigenvalue weighted by Gasteiger charge is 2.06.